The van der Waals surface area contributed by atoms with Crippen LogP contribution in [-0.2, 0) is 16.2 Å². The molecule has 0 aromatic heterocycles. The van der Waals surface area contributed by atoms with E-state index in [4.69, 9.17) is 4.74 Å². The van der Waals surface area contributed by atoms with Crippen molar-refractivity contribution < 1.29 is 14.3 Å². The number of ether oxygens (including phenoxy) is 1. The van der Waals surface area contributed by atoms with Gasteiger partial charge in [0.15, 0.2) is 0 Å². The van der Waals surface area contributed by atoms with E-state index < -0.39 is 6.04 Å². The normalized spacial score (nSPS) is 13.8. The van der Waals surface area contributed by atoms with Gasteiger partial charge in [0.05, 0.1) is 11.4 Å². The Balaban J connectivity index is 1.38. The van der Waals surface area contributed by atoms with Crippen LogP contribution in [0.1, 0.15) is 12.5 Å². The number of hydrogen-bond acceptors (Lipinski definition) is 4. The standard InChI is InChI=1S/C24H23N3O3/c1-17(24(29)27-15-23(28)26-21-9-5-6-10-22(21)27)25-19-11-13-20(14-12-19)30-16-18-7-3-2-4-8-18/h2-14,17,25H,15-16H2,1H3,(H,26,28)/t17-/m0/s1. The Morgan fingerprint density at radius 2 is 1.73 bits per heavy atom. The van der Waals surface area contributed by atoms with E-state index in [1.54, 1.807) is 13.0 Å². The SMILES string of the molecule is C[C@H](Nc1ccc(OCc2ccccc2)cc1)C(=O)N1CC(=O)Nc2ccccc21. The summed E-state index contributed by atoms with van der Waals surface area (Å²) >= 11 is 0. The summed E-state index contributed by atoms with van der Waals surface area (Å²) in [4.78, 5) is 26.5. The minimum absolute atomic E-state index is 0.00807. The zero-order valence-corrected chi connectivity index (χ0v) is 16.7. The first-order valence-electron chi connectivity index (χ1n) is 9.84. The fourth-order valence-electron chi connectivity index (χ4n) is 3.36. The Kier molecular flexibility index (Phi) is 5.66. The molecule has 0 radical (unpaired) electrons. The highest BCUT2D eigenvalue weighted by Gasteiger charge is 2.29. The third kappa shape index (κ3) is 4.43. The second-order valence-electron chi connectivity index (χ2n) is 7.15. The average Bonchev–Trinajstić information content (AvgIpc) is 2.78. The van der Waals surface area contributed by atoms with Gasteiger partial charge >= 0.3 is 0 Å². The van der Waals surface area contributed by atoms with E-state index in [9.17, 15) is 9.59 Å². The summed E-state index contributed by atoms with van der Waals surface area (Å²) in [5.41, 5.74) is 3.26. The van der Waals surface area contributed by atoms with Crippen LogP contribution >= 0.6 is 0 Å². The first kappa shape index (κ1) is 19.5. The highest BCUT2D eigenvalue weighted by atomic mass is 16.5. The molecule has 6 nitrogen and oxygen atoms in total. The van der Waals surface area contributed by atoms with Crippen LogP contribution in [-0.4, -0.2) is 24.4 Å². The number of para-hydroxylation sites is 2. The maximum Gasteiger partial charge on any atom is 0.249 e. The number of rotatable bonds is 6. The predicted octanol–water partition coefficient (Wildman–Crippen LogP) is 4.05. The van der Waals surface area contributed by atoms with Gasteiger partial charge in [0, 0.05) is 5.69 Å². The van der Waals surface area contributed by atoms with Gasteiger partial charge in [0.2, 0.25) is 11.8 Å². The molecule has 1 aliphatic rings. The Morgan fingerprint density at radius 1 is 1.03 bits per heavy atom. The van der Waals surface area contributed by atoms with Gasteiger partial charge in [0.1, 0.15) is 24.9 Å². The van der Waals surface area contributed by atoms with Gasteiger partial charge in [-0.15, -0.1) is 0 Å². The smallest absolute Gasteiger partial charge is 0.249 e. The summed E-state index contributed by atoms with van der Waals surface area (Å²) in [5.74, 6) is 0.390. The van der Waals surface area contributed by atoms with Crippen molar-refractivity contribution in [3.8, 4) is 5.75 Å². The first-order valence-corrected chi connectivity index (χ1v) is 9.84. The molecule has 0 aliphatic carbocycles. The van der Waals surface area contributed by atoms with E-state index in [1.165, 1.54) is 4.90 Å². The number of carbonyl (C=O) groups excluding carboxylic acids is 2. The van der Waals surface area contributed by atoms with Crippen molar-refractivity contribution in [3.63, 3.8) is 0 Å². The molecule has 30 heavy (non-hydrogen) atoms. The monoisotopic (exact) mass is 401 g/mol. The number of nitrogens with zero attached hydrogens (tertiary/aromatic N) is 1. The molecule has 1 atom stereocenters. The Hall–Kier alpha value is -3.80. The highest BCUT2D eigenvalue weighted by Crippen LogP contribution is 2.29. The summed E-state index contributed by atoms with van der Waals surface area (Å²) in [5, 5.41) is 6.00. The molecule has 3 aromatic rings. The predicted molar refractivity (Wildman–Crippen MR) is 118 cm³/mol. The minimum Gasteiger partial charge on any atom is -0.489 e. The molecule has 1 aliphatic heterocycles. The van der Waals surface area contributed by atoms with Crippen molar-refractivity contribution in [2.24, 2.45) is 0 Å². The quantitative estimate of drug-likeness (QED) is 0.654. The van der Waals surface area contributed by atoms with Crippen LogP contribution in [0.15, 0.2) is 78.9 Å². The van der Waals surface area contributed by atoms with Crippen molar-refractivity contribution >= 4 is 28.9 Å². The summed E-state index contributed by atoms with van der Waals surface area (Å²) in [6, 6.07) is 24.3. The van der Waals surface area contributed by atoms with Crippen molar-refractivity contribution in [3.05, 3.63) is 84.4 Å². The van der Waals surface area contributed by atoms with E-state index in [0.717, 1.165) is 17.0 Å². The van der Waals surface area contributed by atoms with Crippen molar-refractivity contribution in [1.82, 2.24) is 0 Å². The third-order valence-corrected chi connectivity index (χ3v) is 4.89. The van der Waals surface area contributed by atoms with Gasteiger partial charge in [-0.1, -0.05) is 42.5 Å². The number of carbonyl (C=O) groups is 2. The van der Waals surface area contributed by atoms with Crippen LogP contribution in [0, 0.1) is 0 Å². The molecule has 2 amide bonds. The maximum atomic E-state index is 13.0. The molecule has 0 bridgehead atoms. The molecule has 0 unspecified atom stereocenters. The highest BCUT2D eigenvalue weighted by molar-refractivity contribution is 6.11. The summed E-state index contributed by atoms with van der Waals surface area (Å²) in [6.45, 7) is 2.30. The van der Waals surface area contributed by atoms with Crippen LogP contribution in [0.5, 0.6) is 5.75 Å². The van der Waals surface area contributed by atoms with Crippen molar-refractivity contribution in [1.29, 1.82) is 0 Å². The summed E-state index contributed by atoms with van der Waals surface area (Å²) < 4.78 is 5.80. The fraction of sp³-hybridized carbons (Fsp3) is 0.167. The number of anilines is 3. The van der Waals surface area contributed by atoms with Crippen LogP contribution in [0.25, 0.3) is 0 Å². The lowest BCUT2D eigenvalue weighted by Gasteiger charge is -2.31. The Labute approximate surface area is 175 Å². The molecule has 0 saturated carbocycles. The van der Waals surface area contributed by atoms with E-state index >= 15 is 0 Å². The molecule has 0 spiro atoms. The van der Waals surface area contributed by atoms with E-state index in [-0.39, 0.29) is 18.4 Å². The number of amides is 2. The van der Waals surface area contributed by atoms with Gasteiger partial charge in [-0.3, -0.25) is 14.5 Å². The summed E-state index contributed by atoms with van der Waals surface area (Å²) in [7, 11) is 0. The fourth-order valence-corrected chi connectivity index (χ4v) is 3.36. The van der Waals surface area contributed by atoms with Gasteiger partial charge < -0.3 is 15.4 Å². The zero-order valence-electron chi connectivity index (χ0n) is 16.7. The lowest BCUT2D eigenvalue weighted by atomic mass is 10.1. The third-order valence-electron chi connectivity index (χ3n) is 4.89. The molecule has 0 fully saturated rings. The second kappa shape index (κ2) is 8.69. The van der Waals surface area contributed by atoms with Gasteiger partial charge in [-0.05, 0) is 48.9 Å². The molecular weight excluding hydrogens is 378 g/mol. The molecule has 3 aromatic carbocycles. The Bertz CT molecular complexity index is 1040. The number of nitrogens with one attached hydrogen (secondary N) is 2. The van der Waals surface area contributed by atoms with Gasteiger partial charge in [-0.25, -0.2) is 0 Å². The number of fused-ring (bicyclic) bond motifs is 1. The molecule has 4 rings (SSSR count). The molecule has 2 N–H and O–H groups in total. The molecule has 1 heterocycles. The topological polar surface area (TPSA) is 70.7 Å². The molecular formula is C24H23N3O3. The lowest BCUT2D eigenvalue weighted by Crippen LogP contribution is -2.47. The second-order valence-corrected chi connectivity index (χ2v) is 7.15. The summed E-state index contributed by atoms with van der Waals surface area (Å²) in [6.07, 6.45) is 0. The average molecular weight is 401 g/mol. The Morgan fingerprint density at radius 3 is 2.50 bits per heavy atom. The van der Waals surface area contributed by atoms with Crippen LogP contribution in [0.4, 0.5) is 17.1 Å². The van der Waals surface area contributed by atoms with Gasteiger partial charge in [0.25, 0.3) is 0 Å². The zero-order chi connectivity index (χ0) is 20.9. The van der Waals surface area contributed by atoms with Crippen LogP contribution in [0.3, 0.4) is 0 Å². The minimum atomic E-state index is -0.500. The van der Waals surface area contributed by atoms with Crippen molar-refractivity contribution in [2.75, 3.05) is 22.1 Å². The molecule has 6 heteroatoms. The van der Waals surface area contributed by atoms with E-state index in [2.05, 4.69) is 10.6 Å². The van der Waals surface area contributed by atoms with Crippen LogP contribution in [0.2, 0.25) is 0 Å². The van der Waals surface area contributed by atoms with Gasteiger partial charge in [-0.2, -0.15) is 0 Å². The number of hydrogen-bond donors (Lipinski definition) is 2. The first-order chi connectivity index (χ1) is 14.6. The molecule has 0 saturated heterocycles. The van der Waals surface area contributed by atoms with Crippen LogP contribution < -0.4 is 20.3 Å². The largest absolute Gasteiger partial charge is 0.489 e. The van der Waals surface area contributed by atoms with E-state index in [0.29, 0.717) is 18.0 Å². The maximum absolute atomic E-state index is 13.0. The van der Waals surface area contributed by atoms with E-state index in [1.807, 2.05) is 72.8 Å². The molecule has 152 valence electrons. The lowest BCUT2D eigenvalue weighted by molar-refractivity contribution is -0.122. The van der Waals surface area contributed by atoms with Crippen molar-refractivity contribution in [2.45, 2.75) is 19.6 Å². The number of benzene rings is 3.